The molecule has 102 valence electrons. The van der Waals surface area contributed by atoms with Crippen molar-refractivity contribution < 1.29 is 8.42 Å². The first-order chi connectivity index (χ1) is 8.76. The number of nitrogens with one attached hydrogen (secondary N) is 1. The lowest BCUT2D eigenvalue weighted by atomic mass is 10.0. The van der Waals surface area contributed by atoms with Crippen LogP contribution >= 0.6 is 0 Å². The largest absolute Gasteiger partial charge is 0.361 e. The molecule has 0 bridgehead atoms. The predicted octanol–water partition coefficient (Wildman–Crippen LogP) is 0.954. The summed E-state index contributed by atoms with van der Waals surface area (Å²) < 4.78 is 23.1. The van der Waals surface area contributed by atoms with Crippen LogP contribution in [0.3, 0.4) is 0 Å². The van der Waals surface area contributed by atoms with Gasteiger partial charge in [-0.2, -0.15) is 10.4 Å². The van der Waals surface area contributed by atoms with Crippen molar-refractivity contribution in [3.8, 4) is 6.07 Å². The molecule has 1 atom stereocenters. The van der Waals surface area contributed by atoms with Crippen molar-refractivity contribution in [3.63, 3.8) is 0 Å². The standard InChI is InChI=1S/C12H16N4O2S/c1-8-9(2)15-16-11(10(8)6-13)14-12(3)4-5-19(17,18)7-12/h4-5,7H2,1-3H3,(H,14,16). The maximum atomic E-state index is 11.6. The molecule has 1 aromatic heterocycles. The van der Waals surface area contributed by atoms with Crippen molar-refractivity contribution >= 4 is 15.7 Å². The van der Waals surface area contributed by atoms with Crippen LogP contribution in [0.1, 0.15) is 30.2 Å². The third kappa shape index (κ3) is 2.68. The van der Waals surface area contributed by atoms with E-state index in [4.69, 9.17) is 0 Å². The van der Waals surface area contributed by atoms with Crippen LogP contribution in [0.5, 0.6) is 0 Å². The number of rotatable bonds is 2. The second-order valence-electron chi connectivity index (χ2n) is 5.27. The van der Waals surface area contributed by atoms with Gasteiger partial charge in [-0.1, -0.05) is 0 Å². The van der Waals surface area contributed by atoms with Crippen LogP contribution in [0.25, 0.3) is 0 Å². The van der Waals surface area contributed by atoms with Crippen LogP contribution in [0, 0.1) is 25.2 Å². The summed E-state index contributed by atoms with van der Waals surface area (Å²) in [6, 6.07) is 2.10. The van der Waals surface area contributed by atoms with Crippen molar-refractivity contribution in [3.05, 3.63) is 16.8 Å². The van der Waals surface area contributed by atoms with Crippen molar-refractivity contribution in [1.82, 2.24) is 10.2 Å². The number of hydrogen-bond donors (Lipinski definition) is 1. The van der Waals surface area contributed by atoms with E-state index < -0.39 is 15.4 Å². The Labute approximate surface area is 112 Å². The molecule has 0 saturated carbocycles. The molecule has 1 aromatic rings. The molecule has 0 aromatic carbocycles. The van der Waals surface area contributed by atoms with Crippen LogP contribution in [0.2, 0.25) is 0 Å². The van der Waals surface area contributed by atoms with Crippen LogP contribution in [-0.4, -0.2) is 35.7 Å². The van der Waals surface area contributed by atoms with E-state index in [1.807, 2.05) is 13.8 Å². The van der Waals surface area contributed by atoms with Crippen molar-refractivity contribution in [2.75, 3.05) is 16.8 Å². The Kier molecular flexibility index (Phi) is 3.22. The van der Waals surface area contributed by atoms with Gasteiger partial charge < -0.3 is 5.32 Å². The second-order valence-corrected chi connectivity index (χ2v) is 7.46. The lowest BCUT2D eigenvalue weighted by molar-refractivity contribution is 0.570. The number of aromatic nitrogens is 2. The lowest BCUT2D eigenvalue weighted by Crippen LogP contribution is -2.36. The van der Waals surface area contributed by atoms with Gasteiger partial charge in [-0.05, 0) is 32.8 Å². The summed E-state index contributed by atoms with van der Waals surface area (Å²) in [5, 5.41) is 20.3. The highest BCUT2D eigenvalue weighted by Crippen LogP contribution is 2.28. The van der Waals surface area contributed by atoms with Crippen molar-refractivity contribution in [2.24, 2.45) is 0 Å². The predicted molar refractivity (Wildman–Crippen MR) is 71.5 cm³/mol. The molecule has 0 amide bonds. The van der Waals surface area contributed by atoms with Gasteiger partial charge in [0.1, 0.15) is 11.6 Å². The van der Waals surface area contributed by atoms with Gasteiger partial charge >= 0.3 is 0 Å². The van der Waals surface area contributed by atoms with Gasteiger partial charge in [-0.3, -0.25) is 0 Å². The average molecular weight is 280 g/mol. The van der Waals surface area contributed by atoms with E-state index in [-0.39, 0.29) is 11.5 Å². The molecule has 7 heteroatoms. The molecule has 2 rings (SSSR count). The summed E-state index contributed by atoms with van der Waals surface area (Å²) in [7, 11) is -3.01. The van der Waals surface area contributed by atoms with Gasteiger partial charge in [0.05, 0.1) is 22.7 Å². The highest BCUT2D eigenvalue weighted by atomic mass is 32.2. The SMILES string of the molecule is Cc1nnc(NC2(C)CCS(=O)(=O)C2)c(C#N)c1C. The first-order valence-electron chi connectivity index (χ1n) is 5.99. The molecule has 0 aliphatic carbocycles. The third-order valence-electron chi connectivity index (χ3n) is 3.49. The third-order valence-corrected chi connectivity index (χ3v) is 5.39. The maximum Gasteiger partial charge on any atom is 0.167 e. The van der Waals surface area contributed by atoms with Crippen LogP contribution in [-0.2, 0) is 9.84 Å². The van der Waals surface area contributed by atoms with Crippen LogP contribution < -0.4 is 5.32 Å². The molecule has 1 aliphatic heterocycles. The minimum absolute atomic E-state index is 0.0550. The molecule has 1 fully saturated rings. The molecule has 0 radical (unpaired) electrons. The molecule has 1 aliphatic rings. The Morgan fingerprint density at radius 2 is 2.05 bits per heavy atom. The number of nitrogens with zero attached hydrogens (tertiary/aromatic N) is 3. The summed E-state index contributed by atoms with van der Waals surface area (Å²) in [6.45, 7) is 5.42. The minimum Gasteiger partial charge on any atom is -0.361 e. The minimum atomic E-state index is -3.01. The average Bonchev–Trinajstić information content (AvgIpc) is 2.59. The normalized spacial score (nSPS) is 24.9. The Morgan fingerprint density at radius 3 is 2.58 bits per heavy atom. The lowest BCUT2D eigenvalue weighted by Gasteiger charge is -2.25. The van der Waals surface area contributed by atoms with Crippen LogP contribution in [0.15, 0.2) is 0 Å². The van der Waals surface area contributed by atoms with E-state index in [0.717, 1.165) is 5.56 Å². The number of nitriles is 1. The first-order valence-corrected chi connectivity index (χ1v) is 7.81. The zero-order valence-electron chi connectivity index (χ0n) is 11.2. The van der Waals surface area contributed by atoms with Crippen molar-refractivity contribution in [2.45, 2.75) is 32.7 Å². The van der Waals surface area contributed by atoms with Gasteiger partial charge in [-0.15, -0.1) is 5.10 Å². The zero-order valence-corrected chi connectivity index (χ0v) is 12.0. The fraction of sp³-hybridized carbons (Fsp3) is 0.583. The van der Waals surface area contributed by atoms with Gasteiger partial charge in [-0.25, -0.2) is 8.42 Å². The first kappa shape index (κ1) is 13.7. The van der Waals surface area contributed by atoms with E-state index in [1.54, 1.807) is 6.92 Å². The van der Waals surface area contributed by atoms with E-state index in [9.17, 15) is 13.7 Å². The molecule has 19 heavy (non-hydrogen) atoms. The van der Waals surface area contributed by atoms with E-state index in [0.29, 0.717) is 23.5 Å². The summed E-state index contributed by atoms with van der Waals surface area (Å²) >= 11 is 0. The second kappa shape index (κ2) is 4.46. The van der Waals surface area contributed by atoms with Gasteiger partial charge in [0.25, 0.3) is 0 Å². The summed E-state index contributed by atoms with van der Waals surface area (Å²) in [4.78, 5) is 0. The summed E-state index contributed by atoms with van der Waals surface area (Å²) in [5.74, 6) is 0.584. The van der Waals surface area contributed by atoms with Gasteiger partial charge in [0.15, 0.2) is 15.7 Å². The fourth-order valence-corrected chi connectivity index (χ4v) is 4.32. The molecule has 2 heterocycles. The topological polar surface area (TPSA) is 95.7 Å². The number of sulfone groups is 1. The van der Waals surface area contributed by atoms with E-state index in [1.165, 1.54) is 0 Å². The number of aryl methyl sites for hydroxylation is 1. The fourth-order valence-electron chi connectivity index (χ4n) is 2.23. The summed E-state index contributed by atoms with van der Waals surface area (Å²) in [6.07, 6.45) is 0.509. The van der Waals surface area contributed by atoms with Gasteiger partial charge in [0.2, 0.25) is 0 Å². The summed E-state index contributed by atoms with van der Waals surface area (Å²) in [5.41, 5.74) is 1.31. The number of hydrogen-bond acceptors (Lipinski definition) is 6. The highest BCUT2D eigenvalue weighted by Gasteiger charge is 2.39. The highest BCUT2D eigenvalue weighted by molar-refractivity contribution is 7.91. The van der Waals surface area contributed by atoms with E-state index in [2.05, 4.69) is 21.6 Å². The Morgan fingerprint density at radius 1 is 1.37 bits per heavy atom. The molecular weight excluding hydrogens is 264 g/mol. The zero-order chi connectivity index (χ0) is 14.3. The van der Waals surface area contributed by atoms with Crippen molar-refractivity contribution in [1.29, 1.82) is 5.26 Å². The molecule has 1 N–H and O–H groups in total. The molecular formula is C12H16N4O2S. The Balaban J connectivity index is 2.36. The smallest absolute Gasteiger partial charge is 0.167 e. The Bertz CT molecular complexity index is 663. The molecule has 6 nitrogen and oxygen atoms in total. The maximum absolute atomic E-state index is 11.6. The Hall–Kier alpha value is -1.68. The molecule has 1 saturated heterocycles. The molecule has 1 unspecified atom stereocenters. The molecule has 0 spiro atoms. The van der Waals surface area contributed by atoms with Gasteiger partial charge in [0, 0.05) is 0 Å². The number of anilines is 1. The quantitative estimate of drug-likeness (QED) is 0.866. The van der Waals surface area contributed by atoms with Crippen LogP contribution in [0.4, 0.5) is 5.82 Å². The van der Waals surface area contributed by atoms with E-state index >= 15 is 0 Å². The monoisotopic (exact) mass is 280 g/mol.